The summed E-state index contributed by atoms with van der Waals surface area (Å²) in [6, 6.07) is 6.03. The number of hydrogen-bond donors (Lipinski definition) is 1. The van der Waals surface area contributed by atoms with Crippen LogP contribution in [-0.4, -0.2) is 19.1 Å². The van der Waals surface area contributed by atoms with Gasteiger partial charge in [0.15, 0.2) is 0 Å². The first kappa shape index (κ1) is 14.3. The van der Waals surface area contributed by atoms with Crippen molar-refractivity contribution in [2.75, 3.05) is 18.0 Å². The topological polar surface area (TPSA) is 15.3 Å². The van der Waals surface area contributed by atoms with Gasteiger partial charge in [0.2, 0.25) is 0 Å². The molecule has 1 aliphatic heterocycles. The molecule has 0 amide bonds. The van der Waals surface area contributed by atoms with Crippen molar-refractivity contribution in [3.63, 3.8) is 0 Å². The summed E-state index contributed by atoms with van der Waals surface area (Å²) < 4.78 is 14.2. The Labute approximate surface area is 116 Å². The van der Waals surface area contributed by atoms with Gasteiger partial charge in [0.1, 0.15) is 5.82 Å². The molecule has 0 radical (unpaired) electrons. The summed E-state index contributed by atoms with van der Waals surface area (Å²) in [7, 11) is 0. The van der Waals surface area contributed by atoms with Crippen LogP contribution in [0.15, 0.2) is 18.2 Å². The van der Waals surface area contributed by atoms with Crippen molar-refractivity contribution < 1.29 is 4.39 Å². The van der Waals surface area contributed by atoms with Crippen LogP contribution in [0.2, 0.25) is 0 Å². The lowest BCUT2D eigenvalue weighted by atomic mass is 10.0. The van der Waals surface area contributed by atoms with Crippen LogP contribution in [0.3, 0.4) is 0 Å². The molecule has 0 aliphatic carbocycles. The average Bonchev–Trinajstić information content (AvgIpc) is 2.81. The zero-order valence-electron chi connectivity index (χ0n) is 12.2. The lowest BCUT2D eigenvalue weighted by Crippen LogP contribution is -2.30. The summed E-state index contributed by atoms with van der Waals surface area (Å²) in [4.78, 5) is 2.35. The third-order valence-corrected chi connectivity index (χ3v) is 4.03. The Bertz CT molecular complexity index is 419. The molecule has 1 fully saturated rings. The molecule has 1 saturated heterocycles. The first-order valence-corrected chi connectivity index (χ1v) is 7.43. The summed E-state index contributed by atoms with van der Waals surface area (Å²) in [5.74, 6) is -0.0901. The van der Waals surface area contributed by atoms with E-state index in [2.05, 4.69) is 37.1 Å². The van der Waals surface area contributed by atoms with Gasteiger partial charge in [-0.15, -0.1) is 0 Å². The van der Waals surface area contributed by atoms with Gasteiger partial charge in [0.05, 0.1) is 0 Å². The highest BCUT2D eigenvalue weighted by molar-refractivity contribution is 5.57. The normalized spacial score (nSPS) is 20.8. The van der Waals surface area contributed by atoms with Crippen LogP contribution in [0.4, 0.5) is 10.1 Å². The summed E-state index contributed by atoms with van der Waals surface area (Å²) in [6.45, 7) is 8.37. The molecule has 2 unspecified atom stereocenters. The second kappa shape index (κ2) is 6.38. The summed E-state index contributed by atoms with van der Waals surface area (Å²) in [6.07, 6.45) is 3.47. The van der Waals surface area contributed by atoms with Crippen LogP contribution in [0.5, 0.6) is 0 Å². The van der Waals surface area contributed by atoms with Gasteiger partial charge < -0.3 is 10.2 Å². The van der Waals surface area contributed by atoms with E-state index in [1.807, 2.05) is 6.07 Å². The van der Waals surface area contributed by atoms with E-state index in [9.17, 15) is 4.39 Å². The van der Waals surface area contributed by atoms with Crippen molar-refractivity contribution in [3.8, 4) is 0 Å². The van der Waals surface area contributed by atoms with E-state index >= 15 is 0 Å². The highest BCUT2D eigenvalue weighted by Gasteiger charge is 2.25. The molecular weight excluding hydrogens is 239 g/mol. The Balaban J connectivity index is 2.30. The smallest absolute Gasteiger partial charge is 0.130 e. The molecule has 1 aliphatic rings. The maximum atomic E-state index is 14.2. The number of nitrogens with zero attached hydrogens (tertiary/aromatic N) is 1. The Morgan fingerprint density at radius 3 is 2.89 bits per heavy atom. The Morgan fingerprint density at radius 2 is 2.26 bits per heavy atom. The standard InChI is InChI=1S/C16H25FN2/c1-4-10-18-13(3)16-14(17)8-5-9-15(16)19-11-6-7-12(19)2/h5,8-9,12-13,18H,4,6-7,10-11H2,1-3H3. The number of anilines is 1. The fraction of sp³-hybridized carbons (Fsp3) is 0.625. The lowest BCUT2D eigenvalue weighted by Gasteiger charge is -2.29. The molecule has 0 bridgehead atoms. The van der Waals surface area contributed by atoms with Gasteiger partial charge >= 0.3 is 0 Å². The van der Waals surface area contributed by atoms with Gasteiger partial charge in [-0.1, -0.05) is 13.0 Å². The SMILES string of the molecule is CCCNC(C)c1c(F)cccc1N1CCCC1C. The second-order valence-corrected chi connectivity index (χ2v) is 5.53. The van der Waals surface area contributed by atoms with E-state index in [1.165, 1.54) is 12.8 Å². The molecule has 1 aromatic carbocycles. The Morgan fingerprint density at radius 1 is 1.47 bits per heavy atom. The van der Waals surface area contributed by atoms with Gasteiger partial charge in [-0.05, 0) is 51.8 Å². The van der Waals surface area contributed by atoms with E-state index in [0.29, 0.717) is 6.04 Å². The van der Waals surface area contributed by atoms with Crippen molar-refractivity contribution in [1.29, 1.82) is 0 Å². The van der Waals surface area contributed by atoms with Crippen molar-refractivity contribution >= 4 is 5.69 Å². The molecule has 19 heavy (non-hydrogen) atoms. The molecule has 1 heterocycles. The minimum absolute atomic E-state index is 0.0592. The number of rotatable bonds is 5. The minimum Gasteiger partial charge on any atom is -0.368 e. The third-order valence-electron chi connectivity index (χ3n) is 4.03. The molecule has 2 rings (SSSR count). The molecule has 1 N–H and O–H groups in total. The highest BCUT2D eigenvalue weighted by Crippen LogP contribution is 2.33. The Hall–Kier alpha value is -1.09. The van der Waals surface area contributed by atoms with Gasteiger partial charge in [-0.25, -0.2) is 4.39 Å². The summed E-state index contributed by atoms with van der Waals surface area (Å²) in [5.41, 5.74) is 1.89. The van der Waals surface area contributed by atoms with Crippen molar-refractivity contribution in [2.45, 2.75) is 52.1 Å². The predicted octanol–water partition coefficient (Wildman–Crippen LogP) is 3.88. The summed E-state index contributed by atoms with van der Waals surface area (Å²) in [5, 5.41) is 3.40. The van der Waals surface area contributed by atoms with Crippen LogP contribution in [0, 0.1) is 5.82 Å². The fourth-order valence-electron chi connectivity index (χ4n) is 2.96. The first-order chi connectivity index (χ1) is 9.15. The number of benzene rings is 1. The zero-order valence-corrected chi connectivity index (χ0v) is 12.2. The van der Waals surface area contributed by atoms with Crippen LogP contribution in [0.25, 0.3) is 0 Å². The molecule has 106 valence electrons. The predicted molar refractivity (Wildman–Crippen MR) is 79.2 cm³/mol. The van der Waals surface area contributed by atoms with E-state index in [-0.39, 0.29) is 11.9 Å². The highest BCUT2D eigenvalue weighted by atomic mass is 19.1. The van der Waals surface area contributed by atoms with E-state index in [4.69, 9.17) is 0 Å². The molecule has 2 nitrogen and oxygen atoms in total. The molecular formula is C16H25FN2. The molecule has 1 aromatic rings. The fourth-order valence-corrected chi connectivity index (χ4v) is 2.96. The maximum Gasteiger partial charge on any atom is 0.130 e. The zero-order chi connectivity index (χ0) is 13.8. The van der Waals surface area contributed by atoms with Gasteiger partial charge in [-0.3, -0.25) is 0 Å². The van der Waals surface area contributed by atoms with Crippen LogP contribution in [0.1, 0.15) is 51.6 Å². The molecule has 3 heteroatoms. The molecule has 0 aromatic heterocycles. The van der Waals surface area contributed by atoms with Gasteiger partial charge in [0, 0.05) is 29.9 Å². The number of nitrogens with one attached hydrogen (secondary N) is 1. The average molecular weight is 264 g/mol. The monoisotopic (exact) mass is 264 g/mol. The molecule has 0 spiro atoms. The second-order valence-electron chi connectivity index (χ2n) is 5.53. The van der Waals surface area contributed by atoms with Gasteiger partial charge in [0.25, 0.3) is 0 Å². The number of hydrogen-bond acceptors (Lipinski definition) is 2. The van der Waals surface area contributed by atoms with E-state index in [1.54, 1.807) is 6.07 Å². The number of halogens is 1. The third kappa shape index (κ3) is 3.08. The molecule has 0 saturated carbocycles. The Kier molecular flexibility index (Phi) is 4.81. The molecule has 2 atom stereocenters. The first-order valence-electron chi connectivity index (χ1n) is 7.43. The van der Waals surface area contributed by atoms with Crippen LogP contribution < -0.4 is 10.2 Å². The van der Waals surface area contributed by atoms with Crippen LogP contribution >= 0.6 is 0 Å². The van der Waals surface area contributed by atoms with Crippen molar-refractivity contribution in [1.82, 2.24) is 5.32 Å². The van der Waals surface area contributed by atoms with E-state index in [0.717, 1.165) is 30.8 Å². The summed E-state index contributed by atoms with van der Waals surface area (Å²) >= 11 is 0. The van der Waals surface area contributed by atoms with Crippen molar-refractivity contribution in [3.05, 3.63) is 29.6 Å². The largest absolute Gasteiger partial charge is 0.368 e. The van der Waals surface area contributed by atoms with Crippen LogP contribution in [-0.2, 0) is 0 Å². The lowest BCUT2D eigenvalue weighted by molar-refractivity contribution is 0.525. The quantitative estimate of drug-likeness (QED) is 0.868. The van der Waals surface area contributed by atoms with Crippen molar-refractivity contribution in [2.24, 2.45) is 0 Å². The van der Waals surface area contributed by atoms with E-state index < -0.39 is 0 Å². The minimum atomic E-state index is -0.0901. The maximum absolute atomic E-state index is 14.2. The van der Waals surface area contributed by atoms with Gasteiger partial charge in [-0.2, -0.15) is 0 Å².